The molecule has 2 rings (SSSR count). The molecule has 4 nitrogen and oxygen atoms in total. The lowest BCUT2D eigenvalue weighted by molar-refractivity contribution is -0.124. The quantitative estimate of drug-likeness (QED) is 0.764. The predicted molar refractivity (Wildman–Crippen MR) is 102 cm³/mol. The molecule has 1 amide bonds. The third kappa shape index (κ3) is 4.65. The summed E-state index contributed by atoms with van der Waals surface area (Å²) in [5.41, 5.74) is 0.497. The molecule has 0 saturated carbocycles. The molecule has 1 aromatic carbocycles. The normalized spacial score (nSPS) is 21.0. The van der Waals surface area contributed by atoms with Crippen LogP contribution in [0.2, 0.25) is 5.82 Å². The molecule has 1 fully saturated rings. The summed E-state index contributed by atoms with van der Waals surface area (Å²) in [6, 6.07) is 10.2. The summed E-state index contributed by atoms with van der Waals surface area (Å²) in [6.07, 6.45) is 1.68. The number of benzene rings is 1. The highest BCUT2D eigenvalue weighted by molar-refractivity contribution is 6.48. The van der Waals surface area contributed by atoms with Crippen LogP contribution in [0.3, 0.4) is 0 Å². The molecule has 0 aliphatic carbocycles. The Labute approximate surface area is 152 Å². The first kappa shape index (κ1) is 20.0. The van der Waals surface area contributed by atoms with E-state index in [1.165, 1.54) is 5.56 Å². The van der Waals surface area contributed by atoms with Crippen molar-refractivity contribution in [3.05, 3.63) is 35.9 Å². The Kier molecular flexibility index (Phi) is 6.33. The van der Waals surface area contributed by atoms with Gasteiger partial charge in [-0.15, -0.1) is 0 Å². The molecule has 0 spiro atoms. The minimum Gasteiger partial charge on any atom is -0.403 e. The average Bonchev–Trinajstić information content (AvgIpc) is 2.76. The number of carbonyl (C=O) groups is 1. The van der Waals surface area contributed by atoms with E-state index in [0.29, 0.717) is 6.54 Å². The molecule has 0 radical (unpaired) electrons. The van der Waals surface area contributed by atoms with E-state index in [1.807, 2.05) is 52.8 Å². The van der Waals surface area contributed by atoms with Crippen LogP contribution in [0.5, 0.6) is 0 Å². The van der Waals surface area contributed by atoms with Crippen LogP contribution >= 0.6 is 0 Å². The predicted octanol–water partition coefficient (Wildman–Crippen LogP) is 3.85. The highest BCUT2D eigenvalue weighted by atomic mass is 16.7. The van der Waals surface area contributed by atoms with Crippen molar-refractivity contribution in [1.29, 1.82) is 0 Å². The van der Waals surface area contributed by atoms with Gasteiger partial charge in [0.15, 0.2) is 0 Å². The fourth-order valence-corrected chi connectivity index (χ4v) is 3.18. The van der Waals surface area contributed by atoms with Crippen molar-refractivity contribution < 1.29 is 14.1 Å². The summed E-state index contributed by atoms with van der Waals surface area (Å²) in [6.45, 7) is 12.9. The van der Waals surface area contributed by atoms with Crippen molar-refractivity contribution in [2.45, 2.75) is 71.4 Å². The molecule has 1 heterocycles. The summed E-state index contributed by atoms with van der Waals surface area (Å²) < 4.78 is 12.3. The fourth-order valence-electron chi connectivity index (χ4n) is 3.18. The molecular formula is C20H32BNO3. The second-order valence-corrected chi connectivity index (χ2v) is 8.01. The van der Waals surface area contributed by atoms with E-state index >= 15 is 0 Å². The Morgan fingerprint density at radius 1 is 1.12 bits per heavy atom. The minimum atomic E-state index is -0.366. The number of carbonyl (C=O) groups excluding carboxylic acids is 1. The van der Waals surface area contributed by atoms with Crippen molar-refractivity contribution in [3.63, 3.8) is 0 Å². The largest absolute Gasteiger partial charge is 0.461 e. The van der Waals surface area contributed by atoms with Crippen LogP contribution in [0.15, 0.2) is 30.3 Å². The standard InChI is InChI=1S/C20H32BNO3/c1-7-17(21-24-19(3,4)20(5,6)25-21)15(2)18(23)22-14-13-16-11-9-8-10-12-16/h8-12,15,17H,7,13-14H2,1-6H3,(H,22,23)/t15-,17-/m1/s1. The molecule has 0 bridgehead atoms. The number of hydrogen-bond acceptors (Lipinski definition) is 3. The van der Waals surface area contributed by atoms with Crippen LogP contribution in [0.4, 0.5) is 0 Å². The summed E-state index contributed by atoms with van der Waals surface area (Å²) in [5.74, 6) is -0.0502. The van der Waals surface area contributed by atoms with E-state index < -0.39 is 0 Å². The second-order valence-electron chi connectivity index (χ2n) is 8.01. The first-order valence-corrected chi connectivity index (χ1v) is 9.35. The molecule has 138 valence electrons. The van der Waals surface area contributed by atoms with Gasteiger partial charge in [0.25, 0.3) is 0 Å². The van der Waals surface area contributed by atoms with Crippen molar-refractivity contribution in [3.8, 4) is 0 Å². The number of nitrogens with one attached hydrogen (secondary N) is 1. The van der Waals surface area contributed by atoms with Gasteiger partial charge in [-0.1, -0.05) is 50.6 Å². The van der Waals surface area contributed by atoms with E-state index in [2.05, 4.69) is 24.4 Å². The summed E-state index contributed by atoms with van der Waals surface area (Å²) >= 11 is 0. The molecule has 1 aliphatic rings. The van der Waals surface area contributed by atoms with Crippen molar-refractivity contribution >= 4 is 13.0 Å². The molecule has 5 heteroatoms. The molecule has 0 unspecified atom stereocenters. The Morgan fingerprint density at radius 2 is 1.68 bits per heavy atom. The SMILES string of the molecule is CC[C@@H](B1OC(C)(C)C(C)(C)O1)[C@@H](C)C(=O)NCCc1ccccc1. The Hall–Kier alpha value is -1.33. The van der Waals surface area contributed by atoms with Crippen LogP contribution in [-0.4, -0.2) is 30.8 Å². The van der Waals surface area contributed by atoms with Gasteiger partial charge in [0.1, 0.15) is 0 Å². The monoisotopic (exact) mass is 345 g/mol. The summed E-state index contributed by atoms with van der Waals surface area (Å²) in [5, 5.41) is 3.06. The van der Waals surface area contributed by atoms with E-state index in [9.17, 15) is 4.79 Å². The Morgan fingerprint density at radius 3 is 2.20 bits per heavy atom. The van der Waals surface area contributed by atoms with Crippen LogP contribution in [-0.2, 0) is 20.5 Å². The van der Waals surface area contributed by atoms with Crippen LogP contribution in [0.25, 0.3) is 0 Å². The number of rotatable bonds is 7. The molecule has 1 aliphatic heterocycles. The number of amides is 1. The Balaban J connectivity index is 1.90. The van der Waals surface area contributed by atoms with Crippen LogP contribution in [0, 0.1) is 5.92 Å². The minimum absolute atomic E-state index is 0.0396. The maximum atomic E-state index is 12.6. The fraction of sp³-hybridized carbons (Fsp3) is 0.650. The third-order valence-electron chi connectivity index (χ3n) is 5.70. The maximum Gasteiger partial charge on any atom is 0.461 e. The topological polar surface area (TPSA) is 47.6 Å². The zero-order valence-electron chi connectivity index (χ0n) is 16.5. The smallest absolute Gasteiger partial charge is 0.403 e. The highest BCUT2D eigenvalue weighted by Crippen LogP contribution is 2.42. The highest BCUT2D eigenvalue weighted by Gasteiger charge is 2.54. The van der Waals surface area contributed by atoms with E-state index in [0.717, 1.165) is 12.8 Å². The molecule has 2 atom stereocenters. The Bertz CT molecular complexity index is 558. The molecule has 1 saturated heterocycles. The first-order valence-electron chi connectivity index (χ1n) is 9.35. The van der Waals surface area contributed by atoms with Gasteiger partial charge >= 0.3 is 7.12 Å². The van der Waals surface area contributed by atoms with Gasteiger partial charge in [0, 0.05) is 18.3 Å². The molecular weight excluding hydrogens is 313 g/mol. The van der Waals surface area contributed by atoms with Crippen LogP contribution < -0.4 is 5.32 Å². The first-order chi connectivity index (χ1) is 11.7. The van der Waals surface area contributed by atoms with Gasteiger partial charge in [0.05, 0.1) is 11.2 Å². The van der Waals surface area contributed by atoms with Gasteiger partial charge in [-0.3, -0.25) is 4.79 Å². The lowest BCUT2D eigenvalue weighted by atomic mass is 9.63. The number of hydrogen-bond donors (Lipinski definition) is 1. The molecule has 1 N–H and O–H groups in total. The zero-order chi connectivity index (χ0) is 18.7. The third-order valence-corrected chi connectivity index (χ3v) is 5.70. The van der Waals surface area contributed by atoms with Crippen LogP contribution in [0.1, 0.15) is 53.5 Å². The summed E-state index contributed by atoms with van der Waals surface area (Å²) in [7, 11) is -0.343. The van der Waals surface area contributed by atoms with Gasteiger partial charge in [-0.2, -0.15) is 0 Å². The van der Waals surface area contributed by atoms with Gasteiger partial charge in [-0.05, 0) is 39.7 Å². The lowest BCUT2D eigenvalue weighted by Gasteiger charge is -2.32. The summed E-state index contributed by atoms with van der Waals surface area (Å²) in [4.78, 5) is 12.6. The van der Waals surface area contributed by atoms with Gasteiger partial charge in [0.2, 0.25) is 5.91 Å². The van der Waals surface area contributed by atoms with E-state index in [-0.39, 0.29) is 36.0 Å². The van der Waals surface area contributed by atoms with Crippen molar-refractivity contribution in [1.82, 2.24) is 5.32 Å². The van der Waals surface area contributed by atoms with Gasteiger partial charge in [-0.25, -0.2) is 0 Å². The molecule has 1 aromatic rings. The maximum absolute atomic E-state index is 12.6. The van der Waals surface area contributed by atoms with E-state index in [4.69, 9.17) is 9.31 Å². The molecule has 0 aromatic heterocycles. The van der Waals surface area contributed by atoms with Crippen molar-refractivity contribution in [2.24, 2.45) is 5.92 Å². The second kappa shape index (κ2) is 7.92. The average molecular weight is 345 g/mol. The lowest BCUT2D eigenvalue weighted by Crippen LogP contribution is -2.41. The van der Waals surface area contributed by atoms with E-state index in [1.54, 1.807) is 0 Å². The molecule has 25 heavy (non-hydrogen) atoms. The zero-order valence-corrected chi connectivity index (χ0v) is 16.5. The van der Waals surface area contributed by atoms with Gasteiger partial charge < -0.3 is 14.6 Å². The van der Waals surface area contributed by atoms with Crippen molar-refractivity contribution in [2.75, 3.05) is 6.54 Å².